The third-order valence-electron chi connectivity index (χ3n) is 4.32. The van der Waals surface area contributed by atoms with E-state index in [-0.39, 0.29) is 0 Å². The lowest BCUT2D eigenvalue weighted by Gasteiger charge is -2.22. The number of nitrogens with one attached hydrogen (secondary N) is 1. The molecule has 108 valence electrons. The first-order chi connectivity index (χ1) is 9.88. The van der Waals surface area contributed by atoms with Crippen molar-refractivity contribution in [1.82, 2.24) is 19.4 Å². The van der Waals surface area contributed by atoms with Gasteiger partial charge in [-0.1, -0.05) is 6.92 Å². The highest BCUT2D eigenvalue weighted by atomic mass is 15.1. The zero-order valence-corrected chi connectivity index (χ0v) is 12.2. The number of aryl methyl sites for hydroxylation is 1. The molecule has 1 saturated carbocycles. The summed E-state index contributed by atoms with van der Waals surface area (Å²) in [5.41, 5.74) is 1.39. The topological polar surface area (TPSA) is 34.8 Å². The molecule has 1 aliphatic rings. The van der Waals surface area contributed by atoms with Gasteiger partial charge in [0.15, 0.2) is 0 Å². The molecule has 0 spiro atoms. The van der Waals surface area contributed by atoms with Gasteiger partial charge in [-0.25, -0.2) is 4.98 Å². The summed E-state index contributed by atoms with van der Waals surface area (Å²) in [6.07, 6.45) is 13.1. The van der Waals surface area contributed by atoms with Crippen LogP contribution in [0.5, 0.6) is 0 Å². The lowest BCUT2D eigenvalue weighted by Crippen LogP contribution is -2.33. The fourth-order valence-electron chi connectivity index (χ4n) is 3.31. The van der Waals surface area contributed by atoms with Crippen molar-refractivity contribution in [3.05, 3.63) is 42.7 Å². The third-order valence-corrected chi connectivity index (χ3v) is 4.32. The van der Waals surface area contributed by atoms with Gasteiger partial charge in [-0.3, -0.25) is 0 Å². The molecule has 2 aromatic rings. The van der Waals surface area contributed by atoms with Crippen molar-refractivity contribution in [3.8, 4) is 0 Å². The highest BCUT2D eigenvalue weighted by Crippen LogP contribution is 2.30. The summed E-state index contributed by atoms with van der Waals surface area (Å²) in [6.45, 7) is 4.30. The Labute approximate surface area is 120 Å². The number of rotatable bonds is 6. The normalized spacial score (nSPS) is 22.4. The summed E-state index contributed by atoms with van der Waals surface area (Å²) in [4.78, 5) is 4.18. The number of nitrogens with zero attached hydrogens (tertiary/aromatic N) is 3. The van der Waals surface area contributed by atoms with Gasteiger partial charge in [-0.15, -0.1) is 0 Å². The zero-order valence-electron chi connectivity index (χ0n) is 12.2. The van der Waals surface area contributed by atoms with E-state index in [9.17, 15) is 0 Å². The summed E-state index contributed by atoms with van der Waals surface area (Å²) < 4.78 is 4.62. The first-order valence-electron chi connectivity index (χ1n) is 7.73. The minimum Gasteiger partial charge on any atom is -0.350 e. The summed E-state index contributed by atoms with van der Waals surface area (Å²) in [5, 5.41) is 3.75. The molecule has 3 rings (SSSR count). The Hall–Kier alpha value is -1.55. The van der Waals surface area contributed by atoms with E-state index < -0.39 is 0 Å². The van der Waals surface area contributed by atoms with Gasteiger partial charge in [0.05, 0.1) is 6.33 Å². The standard InChI is InChI=1S/C16H24N4/c1-2-9-19-10-4-5-14(19)12-18-15-6-3-7-16(15)20-11-8-17-13-20/h4-5,8,10-11,13,15-16,18H,2-3,6-7,9,12H2,1H3. The number of imidazole rings is 1. The van der Waals surface area contributed by atoms with Crippen LogP contribution in [0.25, 0.3) is 0 Å². The third kappa shape index (κ3) is 2.80. The van der Waals surface area contributed by atoms with E-state index in [4.69, 9.17) is 0 Å². The monoisotopic (exact) mass is 272 g/mol. The molecule has 2 aromatic heterocycles. The Morgan fingerprint density at radius 3 is 3.10 bits per heavy atom. The molecule has 4 nitrogen and oxygen atoms in total. The summed E-state index contributed by atoms with van der Waals surface area (Å²) in [7, 11) is 0. The predicted molar refractivity (Wildman–Crippen MR) is 80.5 cm³/mol. The number of aromatic nitrogens is 3. The maximum Gasteiger partial charge on any atom is 0.0949 e. The van der Waals surface area contributed by atoms with Crippen LogP contribution in [0.3, 0.4) is 0 Å². The molecule has 0 bridgehead atoms. The highest BCUT2D eigenvalue weighted by Gasteiger charge is 2.27. The average Bonchev–Trinajstić information content (AvgIpc) is 3.18. The second-order valence-corrected chi connectivity index (χ2v) is 5.69. The van der Waals surface area contributed by atoms with Crippen LogP contribution in [0.1, 0.15) is 44.3 Å². The van der Waals surface area contributed by atoms with Crippen LogP contribution in [0.4, 0.5) is 0 Å². The van der Waals surface area contributed by atoms with Crippen LogP contribution in [0.15, 0.2) is 37.1 Å². The molecular weight excluding hydrogens is 248 g/mol. The summed E-state index contributed by atoms with van der Waals surface area (Å²) in [5.74, 6) is 0. The Morgan fingerprint density at radius 1 is 1.35 bits per heavy atom. The van der Waals surface area contributed by atoms with E-state index in [1.54, 1.807) is 0 Å². The van der Waals surface area contributed by atoms with Crippen LogP contribution < -0.4 is 5.32 Å². The molecule has 20 heavy (non-hydrogen) atoms. The molecule has 2 heterocycles. The van der Waals surface area contributed by atoms with Crippen molar-refractivity contribution in [1.29, 1.82) is 0 Å². The maximum atomic E-state index is 4.18. The van der Waals surface area contributed by atoms with Gasteiger partial charge in [-0.05, 0) is 37.8 Å². The molecule has 1 fully saturated rings. The van der Waals surface area contributed by atoms with E-state index in [1.807, 2.05) is 12.5 Å². The molecule has 0 aromatic carbocycles. The lowest BCUT2D eigenvalue weighted by molar-refractivity contribution is 0.386. The fourth-order valence-corrected chi connectivity index (χ4v) is 3.31. The maximum absolute atomic E-state index is 4.18. The van der Waals surface area contributed by atoms with Gasteiger partial charge in [0.1, 0.15) is 0 Å². The lowest BCUT2D eigenvalue weighted by atomic mass is 10.1. The van der Waals surface area contributed by atoms with Gasteiger partial charge >= 0.3 is 0 Å². The van der Waals surface area contributed by atoms with Gasteiger partial charge in [-0.2, -0.15) is 0 Å². The van der Waals surface area contributed by atoms with E-state index in [0.29, 0.717) is 12.1 Å². The number of hydrogen-bond donors (Lipinski definition) is 1. The fraction of sp³-hybridized carbons (Fsp3) is 0.562. The predicted octanol–water partition coefficient (Wildman–Crippen LogP) is 2.98. The van der Waals surface area contributed by atoms with Gasteiger partial charge in [0, 0.05) is 49.5 Å². The van der Waals surface area contributed by atoms with E-state index in [0.717, 1.165) is 13.1 Å². The molecule has 1 N–H and O–H groups in total. The molecule has 0 saturated heterocycles. The molecule has 4 heteroatoms. The van der Waals surface area contributed by atoms with Crippen LogP contribution in [0, 0.1) is 0 Å². The Kier molecular flexibility index (Phi) is 4.21. The first kappa shape index (κ1) is 13.4. The molecule has 2 unspecified atom stereocenters. The van der Waals surface area contributed by atoms with Crippen LogP contribution >= 0.6 is 0 Å². The quantitative estimate of drug-likeness (QED) is 0.877. The molecule has 0 aliphatic heterocycles. The van der Waals surface area contributed by atoms with Crippen molar-refractivity contribution >= 4 is 0 Å². The summed E-state index contributed by atoms with van der Waals surface area (Å²) in [6, 6.07) is 5.50. The summed E-state index contributed by atoms with van der Waals surface area (Å²) >= 11 is 0. The SMILES string of the molecule is CCCn1cccc1CNC1CCCC1n1ccnc1. The first-order valence-corrected chi connectivity index (χ1v) is 7.73. The van der Waals surface area contributed by atoms with E-state index >= 15 is 0 Å². The number of hydrogen-bond acceptors (Lipinski definition) is 2. The van der Waals surface area contributed by atoms with E-state index in [2.05, 4.69) is 50.9 Å². The van der Waals surface area contributed by atoms with Crippen molar-refractivity contribution < 1.29 is 0 Å². The average molecular weight is 272 g/mol. The molecule has 2 atom stereocenters. The van der Waals surface area contributed by atoms with Crippen LogP contribution in [-0.2, 0) is 13.1 Å². The minimum atomic E-state index is 0.562. The van der Waals surface area contributed by atoms with Crippen molar-refractivity contribution in [3.63, 3.8) is 0 Å². The van der Waals surface area contributed by atoms with Crippen molar-refractivity contribution in [2.75, 3.05) is 0 Å². The largest absolute Gasteiger partial charge is 0.350 e. The Bertz CT molecular complexity index is 514. The van der Waals surface area contributed by atoms with Gasteiger partial charge in [0.2, 0.25) is 0 Å². The van der Waals surface area contributed by atoms with Crippen LogP contribution in [-0.4, -0.2) is 20.2 Å². The second kappa shape index (κ2) is 6.27. The Balaban J connectivity index is 1.61. The van der Waals surface area contributed by atoms with Gasteiger partial charge in [0.25, 0.3) is 0 Å². The minimum absolute atomic E-state index is 0.562. The van der Waals surface area contributed by atoms with Crippen molar-refractivity contribution in [2.24, 2.45) is 0 Å². The van der Waals surface area contributed by atoms with Crippen molar-refractivity contribution in [2.45, 2.75) is 57.8 Å². The molecule has 1 aliphatic carbocycles. The smallest absolute Gasteiger partial charge is 0.0949 e. The molecule has 0 radical (unpaired) electrons. The molecular formula is C16H24N4. The van der Waals surface area contributed by atoms with Gasteiger partial charge < -0.3 is 14.5 Å². The zero-order chi connectivity index (χ0) is 13.8. The molecule has 0 amide bonds. The Morgan fingerprint density at radius 2 is 2.30 bits per heavy atom. The van der Waals surface area contributed by atoms with E-state index in [1.165, 1.54) is 31.4 Å². The second-order valence-electron chi connectivity index (χ2n) is 5.69. The van der Waals surface area contributed by atoms with Crippen LogP contribution in [0.2, 0.25) is 0 Å². The highest BCUT2D eigenvalue weighted by molar-refractivity contribution is 5.07.